The third-order valence-electron chi connectivity index (χ3n) is 5.17. The summed E-state index contributed by atoms with van der Waals surface area (Å²) >= 11 is 0. The molecule has 3 rings (SSSR count). The molecular weight excluding hydrogens is 491 g/mol. The summed E-state index contributed by atoms with van der Waals surface area (Å²) in [6, 6.07) is 8.09. The van der Waals surface area contributed by atoms with E-state index >= 15 is 0 Å². The predicted octanol–water partition coefficient (Wildman–Crippen LogP) is 2.50. The molecule has 158 valence electrons. The minimum atomic E-state index is -3.17. The minimum Gasteiger partial charge on any atom is -0.487 e. The van der Waals surface area contributed by atoms with Crippen molar-refractivity contribution in [1.29, 1.82) is 0 Å². The van der Waals surface area contributed by atoms with E-state index in [1.54, 1.807) is 11.4 Å². The summed E-state index contributed by atoms with van der Waals surface area (Å²) in [5, 5.41) is 6.80. The molecule has 2 aliphatic heterocycles. The van der Waals surface area contributed by atoms with E-state index in [9.17, 15) is 8.42 Å². The number of rotatable bonds is 4. The maximum atomic E-state index is 11.9. The Morgan fingerprint density at radius 2 is 2.07 bits per heavy atom. The number of nitrogens with zero attached hydrogens (tertiary/aromatic N) is 2. The molecule has 28 heavy (non-hydrogen) atoms. The molecule has 0 radical (unpaired) electrons. The standard InChI is InChI=1S/C19H30N4O3S.HI/c1-19(2)12-16(15-9-5-6-10-17(15)26-19)22-18(20-3)21-13-14-8-7-11-23(14)27(4,24)25;/h5-6,9-10,14,16H,7-8,11-13H2,1-4H3,(H2,20,21,22);1H/t14-,16?;/m1./s1. The van der Waals surface area contributed by atoms with Crippen LogP contribution in [-0.4, -0.2) is 56.7 Å². The molecule has 2 atom stereocenters. The first-order valence-corrected chi connectivity index (χ1v) is 11.3. The Morgan fingerprint density at radius 1 is 1.36 bits per heavy atom. The van der Waals surface area contributed by atoms with Gasteiger partial charge in [0.05, 0.1) is 12.3 Å². The number of para-hydroxylation sites is 1. The van der Waals surface area contributed by atoms with E-state index in [4.69, 9.17) is 4.74 Å². The molecule has 2 aliphatic rings. The monoisotopic (exact) mass is 522 g/mol. The molecular formula is C19H31IN4O3S. The first-order chi connectivity index (χ1) is 12.7. The lowest BCUT2D eigenvalue weighted by molar-refractivity contribution is 0.0694. The average molecular weight is 522 g/mol. The lowest BCUT2D eigenvalue weighted by Crippen LogP contribution is -2.49. The summed E-state index contributed by atoms with van der Waals surface area (Å²) < 4.78 is 31.5. The van der Waals surface area contributed by atoms with Crippen molar-refractivity contribution in [3.05, 3.63) is 29.8 Å². The van der Waals surface area contributed by atoms with E-state index in [-0.39, 0.29) is 41.7 Å². The van der Waals surface area contributed by atoms with Gasteiger partial charge in [0.25, 0.3) is 0 Å². The van der Waals surface area contributed by atoms with Crippen molar-refractivity contribution in [2.24, 2.45) is 4.99 Å². The molecule has 0 saturated carbocycles. The van der Waals surface area contributed by atoms with E-state index in [1.807, 2.05) is 18.2 Å². The molecule has 9 heteroatoms. The number of nitrogens with one attached hydrogen (secondary N) is 2. The number of aliphatic imine (C=N–C) groups is 1. The number of sulfonamides is 1. The molecule has 0 aromatic heterocycles. The third-order valence-corrected chi connectivity index (χ3v) is 6.50. The van der Waals surface area contributed by atoms with Gasteiger partial charge in [-0.15, -0.1) is 24.0 Å². The number of fused-ring (bicyclic) bond motifs is 1. The molecule has 1 fully saturated rings. The Hall–Kier alpha value is -1.07. The molecule has 0 bridgehead atoms. The van der Waals surface area contributed by atoms with Crippen LogP contribution in [0.5, 0.6) is 5.75 Å². The zero-order valence-electron chi connectivity index (χ0n) is 16.9. The highest BCUT2D eigenvalue weighted by molar-refractivity contribution is 14.0. The first-order valence-electron chi connectivity index (χ1n) is 9.41. The molecule has 0 spiro atoms. The number of benzene rings is 1. The fraction of sp³-hybridized carbons (Fsp3) is 0.632. The summed E-state index contributed by atoms with van der Waals surface area (Å²) in [7, 11) is -1.44. The van der Waals surface area contributed by atoms with E-state index in [0.717, 1.165) is 30.6 Å². The quantitative estimate of drug-likeness (QED) is 0.361. The van der Waals surface area contributed by atoms with Crippen molar-refractivity contribution in [1.82, 2.24) is 14.9 Å². The van der Waals surface area contributed by atoms with E-state index in [1.165, 1.54) is 6.26 Å². The van der Waals surface area contributed by atoms with Gasteiger partial charge in [0, 0.05) is 38.2 Å². The van der Waals surface area contributed by atoms with Gasteiger partial charge >= 0.3 is 0 Å². The summed E-state index contributed by atoms with van der Waals surface area (Å²) in [6.07, 6.45) is 3.85. The smallest absolute Gasteiger partial charge is 0.211 e. The second-order valence-corrected chi connectivity index (χ2v) is 9.86. The van der Waals surface area contributed by atoms with Gasteiger partial charge in [-0.25, -0.2) is 8.42 Å². The molecule has 2 N–H and O–H groups in total. The van der Waals surface area contributed by atoms with Crippen LogP contribution in [-0.2, 0) is 10.0 Å². The summed E-state index contributed by atoms with van der Waals surface area (Å²) in [4.78, 5) is 4.34. The number of guanidine groups is 1. The highest BCUT2D eigenvalue weighted by Crippen LogP contribution is 2.39. The van der Waals surface area contributed by atoms with Gasteiger partial charge in [-0.3, -0.25) is 4.99 Å². The van der Waals surface area contributed by atoms with Crippen molar-refractivity contribution in [2.75, 3.05) is 26.4 Å². The second kappa shape index (κ2) is 9.17. The normalized spacial score (nSPS) is 24.6. The molecule has 1 saturated heterocycles. The Labute approximate surface area is 185 Å². The van der Waals surface area contributed by atoms with Crippen LogP contribution in [0.4, 0.5) is 0 Å². The van der Waals surface area contributed by atoms with Crippen LogP contribution in [0.1, 0.15) is 44.7 Å². The number of halogens is 1. The Bertz CT molecular complexity index is 813. The second-order valence-electron chi connectivity index (χ2n) is 7.92. The molecule has 1 aromatic carbocycles. The van der Waals surface area contributed by atoms with Crippen LogP contribution in [0.3, 0.4) is 0 Å². The largest absolute Gasteiger partial charge is 0.487 e. The summed E-state index contributed by atoms with van der Waals surface area (Å²) in [6.45, 7) is 5.30. The lowest BCUT2D eigenvalue weighted by Gasteiger charge is -2.38. The van der Waals surface area contributed by atoms with Gasteiger partial charge < -0.3 is 15.4 Å². The third kappa shape index (κ3) is 5.50. The van der Waals surface area contributed by atoms with Crippen molar-refractivity contribution in [3.8, 4) is 5.75 Å². The highest BCUT2D eigenvalue weighted by atomic mass is 127. The fourth-order valence-corrected chi connectivity index (χ4v) is 5.14. The van der Waals surface area contributed by atoms with Crippen LogP contribution in [0.25, 0.3) is 0 Å². The summed E-state index contributed by atoms with van der Waals surface area (Å²) in [5.41, 5.74) is 0.835. The number of hydrogen-bond donors (Lipinski definition) is 2. The number of hydrogen-bond acceptors (Lipinski definition) is 4. The predicted molar refractivity (Wildman–Crippen MR) is 123 cm³/mol. The molecule has 1 aromatic rings. The van der Waals surface area contributed by atoms with E-state index in [0.29, 0.717) is 19.0 Å². The van der Waals surface area contributed by atoms with Crippen LogP contribution < -0.4 is 15.4 Å². The maximum Gasteiger partial charge on any atom is 0.211 e. The maximum absolute atomic E-state index is 11.9. The van der Waals surface area contributed by atoms with Gasteiger partial charge in [0.1, 0.15) is 11.4 Å². The Balaban J connectivity index is 0.00000280. The molecule has 7 nitrogen and oxygen atoms in total. The highest BCUT2D eigenvalue weighted by Gasteiger charge is 2.35. The van der Waals surface area contributed by atoms with E-state index in [2.05, 4.69) is 35.5 Å². The molecule has 1 unspecified atom stereocenters. The molecule has 0 aliphatic carbocycles. The summed E-state index contributed by atoms with van der Waals surface area (Å²) in [5.74, 6) is 1.56. The Kier molecular flexibility index (Phi) is 7.60. The zero-order chi connectivity index (χ0) is 19.7. The zero-order valence-corrected chi connectivity index (χ0v) is 20.1. The first kappa shape index (κ1) is 23.2. The van der Waals surface area contributed by atoms with E-state index < -0.39 is 10.0 Å². The minimum absolute atomic E-state index is 0. The van der Waals surface area contributed by atoms with Crippen LogP contribution in [0, 0.1) is 0 Å². The number of ether oxygens (including phenoxy) is 1. The van der Waals surface area contributed by atoms with Crippen molar-refractivity contribution >= 4 is 40.0 Å². The topological polar surface area (TPSA) is 83.0 Å². The van der Waals surface area contributed by atoms with Gasteiger partial charge in [0.15, 0.2) is 5.96 Å². The fourth-order valence-electron chi connectivity index (χ4n) is 3.95. The van der Waals surface area contributed by atoms with Crippen molar-refractivity contribution in [3.63, 3.8) is 0 Å². The van der Waals surface area contributed by atoms with Gasteiger partial charge in [0.2, 0.25) is 10.0 Å². The van der Waals surface area contributed by atoms with Crippen molar-refractivity contribution < 1.29 is 13.2 Å². The SMILES string of the molecule is CN=C(NC[C@H]1CCCN1S(C)(=O)=O)NC1CC(C)(C)Oc2ccccc21.I. The van der Waals surface area contributed by atoms with Gasteiger partial charge in [-0.1, -0.05) is 18.2 Å². The molecule has 0 amide bonds. The van der Waals surface area contributed by atoms with Crippen LogP contribution >= 0.6 is 24.0 Å². The Morgan fingerprint density at radius 3 is 2.75 bits per heavy atom. The van der Waals surface area contributed by atoms with Gasteiger partial charge in [-0.2, -0.15) is 4.31 Å². The molecule has 2 heterocycles. The van der Waals surface area contributed by atoms with Crippen LogP contribution in [0.2, 0.25) is 0 Å². The lowest BCUT2D eigenvalue weighted by atomic mass is 9.90. The van der Waals surface area contributed by atoms with Crippen LogP contribution in [0.15, 0.2) is 29.3 Å². The van der Waals surface area contributed by atoms with Gasteiger partial charge in [-0.05, 0) is 32.8 Å². The van der Waals surface area contributed by atoms with Crippen molar-refractivity contribution in [2.45, 2.75) is 50.8 Å². The average Bonchev–Trinajstić information content (AvgIpc) is 3.06.